The number of hydrogen-bond donors (Lipinski definition) is 1. The third-order valence-electron chi connectivity index (χ3n) is 4.04. The van der Waals surface area contributed by atoms with Crippen LogP contribution in [-0.4, -0.2) is 21.8 Å². The summed E-state index contributed by atoms with van der Waals surface area (Å²) in [5.74, 6) is 0.0214. The van der Waals surface area contributed by atoms with E-state index in [9.17, 15) is 9.59 Å². The topological polar surface area (TPSA) is 49.9 Å². The highest BCUT2D eigenvalue weighted by atomic mass is 32.2. The van der Waals surface area contributed by atoms with Gasteiger partial charge in [0.15, 0.2) is 11.6 Å². The molecule has 1 N–H and O–H groups in total. The second-order valence-corrected chi connectivity index (χ2v) is 7.46. The van der Waals surface area contributed by atoms with E-state index in [2.05, 4.69) is 37.0 Å². The summed E-state index contributed by atoms with van der Waals surface area (Å²) in [5, 5.41) is -0.215. The number of carbonyl (C=O) groups is 2. The van der Waals surface area contributed by atoms with Gasteiger partial charge in [-0.25, -0.2) is 0 Å². The van der Waals surface area contributed by atoms with Gasteiger partial charge in [-0.3, -0.25) is 9.59 Å². The van der Waals surface area contributed by atoms with E-state index in [1.165, 1.54) is 18.1 Å². The van der Waals surface area contributed by atoms with Crippen molar-refractivity contribution < 1.29 is 9.59 Å². The molecule has 0 bridgehead atoms. The molecule has 0 saturated carbocycles. The molecule has 0 unspecified atom stereocenters. The van der Waals surface area contributed by atoms with Crippen LogP contribution in [-0.2, 0) is 0 Å². The number of thioether (sulfide) groups is 1. The molecule has 0 aliphatic carbocycles. The molecule has 0 radical (unpaired) electrons. The molecule has 1 atom stereocenters. The Morgan fingerprint density at radius 3 is 2.30 bits per heavy atom. The fourth-order valence-corrected chi connectivity index (χ4v) is 3.90. The Labute approximate surface area is 141 Å². The smallest absolute Gasteiger partial charge is 0.192 e. The van der Waals surface area contributed by atoms with Crippen molar-refractivity contribution in [1.29, 1.82) is 0 Å². The van der Waals surface area contributed by atoms with E-state index in [-0.39, 0.29) is 16.8 Å². The van der Waals surface area contributed by atoms with Crippen molar-refractivity contribution in [3.05, 3.63) is 51.8 Å². The predicted octanol–water partition coefficient (Wildman–Crippen LogP) is 4.81. The van der Waals surface area contributed by atoms with E-state index < -0.39 is 0 Å². The van der Waals surface area contributed by atoms with E-state index in [0.717, 1.165) is 16.2 Å². The number of aromatic nitrogens is 1. The number of carbonyl (C=O) groups excluding carboxylic acids is 2. The largest absolute Gasteiger partial charge is 0.355 e. The molecule has 122 valence electrons. The van der Waals surface area contributed by atoms with Crippen LogP contribution in [0.1, 0.15) is 57.1 Å². The first kappa shape index (κ1) is 17.5. The summed E-state index contributed by atoms with van der Waals surface area (Å²) in [6.45, 7) is 11.2. The van der Waals surface area contributed by atoms with Crippen molar-refractivity contribution in [3.63, 3.8) is 0 Å². The maximum atomic E-state index is 12.8. The number of aryl methyl sites for hydroxylation is 3. The van der Waals surface area contributed by atoms with Gasteiger partial charge >= 0.3 is 0 Å². The number of ketones is 2. The number of aromatic amines is 1. The molecule has 0 amide bonds. The van der Waals surface area contributed by atoms with Gasteiger partial charge in [0.25, 0.3) is 0 Å². The lowest BCUT2D eigenvalue weighted by molar-refractivity contribution is 0.0988. The van der Waals surface area contributed by atoms with E-state index >= 15 is 0 Å². The lowest BCUT2D eigenvalue weighted by atomic mass is 10.0. The van der Waals surface area contributed by atoms with Crippen molar-refractivity contribution in [2.24, 2.45) is 0 Å². The predicted molar refractivity (Wildman–Crippen MR) is 95.8 cm³/mol. The maximum Gasteiger partial charge on any atom is 0.192 e. The maximum absolute atomic E-state index is 12.8. The van der Waals surface area contributed by atoms with Crippen LogP contribution in [0.25, 0.3) is 0 Å². The molecule has 0 spiro atoms. The lowest BCUT2D eigenvalue weighted by Crippen LogP contribution is -2.15. The van der Waals surface area contributed by atoms with Crippen LogP contribution in [0, 0.1) is 27.7 Å². The van der Waals surface area contributed by atoms with Gasteiger partial charge in [0.05, 0.1) is 10.9 Å². The first-order chi connectivity index (χ1) is 10.7. The Morgan fingerprint density at radius 2 is 1.78 bits per heavy atom. The molecular formula is C19H23NO2S. The Morgan fingerprint density at radius 1 is 1.13 bits per heavy atom. The Hall–Kier alpha value is -1.81. The van der Waals surface area contributed by atoms with Gasteiger partial charge < -0.3 is 4.98 Å². The minimum Gasteiger partial charge on any atom is -0.355 e. The van der Waals surface area contributed by atoms with E-state index in [0.29, 0.717) is 11.3 Å². The summed E-state index contributed by atoms with van der Waals surface area (Å²) < 4.78 is 0. The van der Waals surface area contributed by atoms with Gasteiger partial charge in [0, 0.05) is 16.2 Å². The van der Waals surface area contributed by atoms with Crippen LogP contribution in [0.2, 0.25) is 0 Å². The SMILES string of the molecule is CC(=O)c1c(C)[nH]c(C(=O)[C@H](C)Sc2ccc(C)cc2C)c1C. The first-order valence-electron chi connectivity index (χ1n) is 7.70. The third kappa shape index (κ3) is 3.58. The van der Waals surface area contributed by atoms with Crippen molar-refractivity contribution >= 4 is 23.3 Å². The highest BCUT2D eigenvalue weighted by Gasteiger charge is 2.24. The zero-order chi connectivity index (χ0) is 17.3. The Bertz CT molecular complexity index is 774. The van der Waals surface area contributed by atoms with Crippen LogP contribution < -0.4 is 0 Å². The number of Topliss-reactive ketones (excluding diaryl/α,β-unsaturated/α-hetero) is 2. The molecule has 3 nitrogen and oxygen atoms in total. The summed E-state index contributed by atoms with van der Waals surface area (Å²) in [5.41, 5.74) is 5.11. The average Bonchev–Trinajstić information content (AvgIpc) is 2.76. The van der Waals surface area contributed by atoms with E-state index in [1.54, 1.807) is 11.8 Å². The molecule has 0 saturated heterocycles. The van der Waals surface area contributed by atoms with Crippen LogP contribution >= 0.6 is 11.8 Å². The second-order valence-electron chi connectivity index (χ2n) is 6.07. The first-order valence-corrected chi connectivity index (χ1v) is 8.58. The fraction of sp³-hybridized carbons (Fsp3) is 0.368. The standard InChI is InChI=1S/C19H23NO2S/c1-10-7-8-16(11(2)9-10)23-15(6)19(22)18-12(3)17(14(5)21)13(4)20-18/h7-9,15,20H,1-6H3/t15-/m0/s1. The third-order valence-corrected chi connectivity index (χ3v) is 5.32. The zero-order valence-electron chi connectivity index (χ0n) is 14.5. The van der Waals surface area contributed by atoms with Gasteiger partial charge in [-0.2, -0.15) is 0 Å². The number of benzene rings is 1. The molecule has 1 heterocycles. The molecule has 0 aliphatic rings. The molecule has 0 aliphatic heterocycles. The molecule has 1 aromatic carbocycles. The van der Waals surface area contributed by atoms with E-state index in [4.69, 9.17) is 0 Å². The molecular weight excluding hydrogens is 306 g/mol. The van der Waals surface area contributed by atoms with Gasteiger partial charge in [-0.1, -0.05) is 17.7 Å². The Balaban J connectivity index is 2.27. The van der Waals surface area contributed by atoms with Crippen molar-refractivity contribution in [2.75, 3.05) is 0 Å². The number of rotatable bonds is 5. The van der Waals surface area contributed by atoms with Crippen molar-refractivity contribution in [1.82, 2.24) is 4.98 Å². The van der Waals surface area contributed by atoms with Crippen molar-refractivity contribution in [3.8, 4) is 0 Å². The number of H-pyrrole nitrogens is 1. The molecule has 0 fully saturated rings. The second kappa shape index (κ2) is 6.75. The van der Waals surface area contributed by atoms with Crippen LogP contribution in [0.5, 0.6) is 0 Å². The average molecular weight is 329 g/mol. The number of hydrogen-bond acceptors (Lipinski definition) is 3. The van der Waals surface area contributed by atoms with E-state index in [1.807, 2.05) is 20.8 Å². The Kier molecular flexibility index (Phi) is 5.15. The highest BCUT2D eigenvalue weighted by molar-refractivity contribution is 8.00. The molecule has 2 aromatic rings. The molecule has 23 heavy (non-hydrogen) atoms. The van der Waals surface area contributed by atoms with Gasteiger partial charge in [-0.15, -0.1) is 11.8 Å². The van der Waals surface area contributed by atoms with Gasteiger partial charge in [-0.05, 0) is 58.7 Å². The molecule has 2 rings (SSSR count). The minimum atomic E-state index is -0.215. The summed E-state index contributed by atoms with van der Waals surface area (Å²) in [7, 11) is 0. The summed E-state index contributed by atoms with van der Waals surface area (Å²) in [6, 6.07) is 6.24. The summed E-state index contributed by atoms with van der Waals surface area (Å²) in [4.78, 5) is 28.7. The monoisotopic (exact) mass is 329 g/mol. The van der Waals surface area contributed by atoms with Crippen LogP contribution in [0.15, 0.2) is 23.1 Å². The molecule has 4 heteroatoms. The summed E-state index contributed by atoms with van der Waals surface area (Å²) in [6.07, 6.45) is 0. The van der Waals surface area contributed by atoms with Crippen LogP contribution in [0.4, 0.5) is 0 Å². The molecule has 1 aromatic heterocycles. The minimum absolute atomic E-state index is 0.00927. The zero-order valence-corrected chi connectivity index (χ0v) is 15.4. The van der Waals surface area contributed by atoms with Crippen LogP contribution in [0.3, 0.4) is 0 Å². The fourth-order valence-electron chi connectivity index (χ4n) is 2.90. The lowest BCUT2D eigenvalue weighted by Gasteiger charge is -2.12. The van der Waals surface area contributed by atoms with Gasteiger partial charge in [0.1, 0.15) is 0 Å². The highest BCUT2D eigenvalue weighted by Crippen LogP contribution is 2.30. The number of nitrogens with one attached hydrogen (secondary N) is 1. The normalized spacial score (nSPS) is 12.3. The van der Waals surface area contributed by atoms with Gasteiger partial charge in [0.2, 0.25) is 0 Å². The van der Waals surface area contributed by atoms with Crippen molar-refractivity contribution in [2.45, 2.75) is 51.7 Å². The quantitative estimate of drug-likeness (QED) is 0.632. The summed E-state index contributed by atoms with van der Waals surface area (Å²) >= 11 is 1.56.